The molecule has 2 aliphatic rings. The molecule has 2 aromatic rings. The van der Waals surface area contributed by atoms with Crippen LogP contribution in [0.1, 0.15) is 28.9 Å². The van der Waals surface area contributed by atoms with Crippen molar-refractivity contribution in [2.45, 2.75) is 31.3 Å². The molecule has 0 saturated carbocycles. The number of hydrogen-bond acceptors (Lipinski definition) is 5. The summed E-state index contributed by atoms with van der Waals surface area (Å²) in [6.07, 6.45) is 6.76. The molecule has 2 fully saturated rings. The van der Waals surface area contributed by atoms with Crippen LogP contribution in [0.4, 0.5) is 0 Å². The van der Waals surface area contributed by atoms with Gasteiger partial charge < -0.3 is 14.6 Å². The Labute approximate surface area is 151 Å². The third kappa shape index (κ3) is 3.71. The standard InChI is InChI=1S/C15H17N3O2S.2ClH/c19-15(18-6-5-10-3-4-11(9-18)17-10)13-8-16-14(21-13)12-2-1-7-20-12;;/h1-2,7-8,10-11,17H,3-6,9H2;2*1H. The number of carbonyl (C=O) groups excluding carboxylic acids is 1. The summed E-state index contributed by atoms with van der Waals surface area (Å²) in [6.45, 7) is 1.64. The van der Waals surface area contributed by atoms with Gasteiger partial charge in [0.2, 0.25) is 0 Å². The lowest BCUT2D eigenvalue weighted by Gasteiger charge is -2.23. The summed E-state index contributed by atoms with van der Waals surface area (Å²) in [4.78, 5) is 19.6. The average molecular weight is 376 g/mol. The molecule has 4 heterocycles. The number of likely N-dealkylation sites (tertiary alicyclic amines) is 1. The number of aromatic nitrogens is 1. The van der Waals surface area contributed by atoms with Gasteiger partial charge in [-0.3, -0.25) is 4.79 Å². The third-order valence-electron chi connectivity index (χ3n) is 4.26. The van der Waals surface area contributed by atoms with Crippen molar-refractivity contribution >= 4 is 42.1 Å². The highest BCUT2D eigenvalue weighted by Gasteiger charge is 2.32. The van der Waals surface area contributed by atoms with E-state index in [2.05, 4.69) is 10.3 Å². The number of amides is 1. The van der Waals surface area contributed by atoms with Crippen molar-refractivity contribution in [1.82, 2.24) is 15.2 Å². The van der Waals surface area contributed by atoms with E-state index in [4.69, 9.17) is 4.42 Å². The maximum Gasteiger partial charge on any atom is 0.265 e. The van der Waals surface area contributed by atoms with Gasteiger partial charge in [0.05, 0.1) is 12.5 Å². The largest absolute Gasteiger partial charge is 0.462 e. The highest BCUT2D eigenvalue weighted by atomic mass is 35.5. The molecule has 4 rings (SSSR count). The molecule has 1 amide bonds. The molecule has 5 nitrogen and oxygen atoms in total. The number of nitrogens with one attached hydrogen (secondary N) is 1. The Hall–Kier alpha value is -1.08. The Balaban J connectivity index is 0.000000960. The minimum atomic E-state index is 0. The van der Waals surface area contributed by atoms with Crippen molar-refractivity contribution in [3.05, 3.63) is 29.5 Å². The zero-order chi connectivity index (χ0) is 14.2. The van der Waals surface area contributed by atoms with Crippen LogP contribution in [-0.4, -0.2) is 41.0 Å². The van der Waals surface area contributed by atoms with Gasteiger partial charge in [-0.25, -0.2) is 4.98 Å². The van der Waals surface area contributed by atoms with Gasteiger partial charge in [0.15, 0.2) is 10.8 Å². The van der Waals surface area contributed by atoms with Crippen molar-refractivity contribution in [3.63, 3.8) is 0 Å². The summed E-state index contributed by atoms with van der Waals surface area (Å²) in [5, 5.41) is 4.36. The summed E-state index contributed by atoms with van der Waals surface area (Å²) in [5.41, 5.74) is 0. The molecule has 2 unspecified atom stereocenters. The number of halogens is 2. The first-order valence-electron chi connectivity index (χ1n) is 7.34. The second-order valence-electron chi connectivity index (χ2n) is 5.68. The Morgan fingerprint density at radius 3 is 2.91 bits per heavy atom. The highest BCUT2D eigenvalue weighted by molar-refractivity contribution is 7.16. The molecule has 2 aliphatic heterocycles. The van der Waals surface area contributed by atoms with E-state index in [1.807, 2.05) is 17.0 Å². The lowest BCUT2D eigenvalue weighted by atomic mass is 10.1. The molecule has 126 valence electrons. The first-order chi connectivity index (χ1) is 10.3. The van der Waals surface area contributed by atoms with E-state index < -0.39 is 0 Å². The molecule has 1 N–H and O–H groups in total. The Morgan fingerprint density at radius 1 is 1.30 bits per heavy atom. The van der Waals surface area contributed by atoms with Crippen LogP contribution < -0.4 is 5.32 Å². The normalized spacial score (nSPS) is 22.9. The van der Waals surface area contributed by atoms with Crippen LogP contribution in [-0.2, 0) is 0 Å². The van der Waals surface area contributed by atoms with Crippen LogP contribution in [0.2, 0.25) is 0 Å². The molecule has 0 aromatic carbocycles. The monoisotopic (exact) mass is 375 g/mol. The average Bonchev–Trinajstić information content (AvgIpc) is 3.17. The number of thiazole rings is 1. The lowest BCUT2D eigenvalue weighted by Crippen LogP contribution is -2.38. The summed E-state index contributed by atoms with van der Waals surface area (Å²) in [6, 6.07) is 4.74. The van der Waals surface area contributed by atoms with Gasteiger partial charge >= 0.3 is 0 Å². The predicted octanol–water partition coefficient (Wildman–Crippen LogP) is 3.21. The van der Waals surface area contributed by atoms with Crippen LogP contribution in [0.5, 0.6) is 0 Å². The maximum atomic E-state index is 12.6. The van der Waals surface area contributed by atoms with E-state index in [-0.39, 0.29) is 30.7 Å². The minimum absolute atomic E-state index is 0. The second-order valence-corrected chi connectivity index (χ2v) is 6.72. The first kappa shape index (κ1) is 18.3. The molecule has 2 saturated heterocycles. The summed E-state index contributed by atoms with van der Waals surface area (Å²) in [5.74, 6) is 0.815. The zero-order valence-corrected chi connectivity index (χ0v) is 14.9. The smallest absolute Gasteiger partial charge is 0.265 e. The molecule has 2 bridgehead atoms. The van der Waals surface area contributed by atoms with E-state index in [0.29, 0.717) is 17.0 Å². The maximum absolute atomic E-state index is 12.6. The lowest BCUT2D eigenvalue weighted by molar-refractivity contribution is 0.0753. The SMILES string of the molecule is Cl.Cl.O=C(c1cnc(-c2ccco2)s1)N1CCC2CCC(C1)N2. The fraction of sp³-hybridized carbons (Fsp3) is 0.467. The number of rotatable bonds is 2. The van der Waals surface area contributed by atoms with Crippen LogP contribution in [0, 0.1) is 0 Å². The molecule has 23 heavy (non-hydrogen) atoms. The van der Waals surface area contributed by atoms with Crippen molar-refractivity contribution < 1.29 is 9.21 Å². The summed E-state index contributed by atoms with van der Waals surface area (Å²) >= 11 is 1.40. The van der Waals surface area contributed by atoms with Crippen LogP contribution in [0.3, 0.4) is 0 Å². The van der Waals surface area contributed by atoms with Crippen molar-refractivity contribution in [3.8, 4) is 10.8 Å². The highest BCUT2D eigenvalue weighted by Crippen LogP contribution is 2.27. The number of carbonyl (C=O) groups is 1. The number of hydrogen-bond donors (Lipinski definition) is 1. The molecule has 2 aromatic heterocycles. The molecule has 8 heteroatoms. The fourth-order valence-corrected chi connectivity index (χ4v) is 4.02. The van der Waals surface area contributed by atoms with E-state index in [9.17, 15) is 4.79 Å². The van der Waals surface area contributed by atoms with Gasteiger partial charge in [-0.1, -0.05) is 0 Å². The number of furan rings is 1. The van der Waals surface area contributed by atoms with Crippen molar-refractivity contribution in [2.24, 2.45) is 0 Å². The summed E-state index contributed by atoms with van der Waals surface area (Å²) in [7, 11) is 0. The zero-order valence-electron chi connectivity index (χ0n) is 12.4. The molecule has 0 spiro atoms. The van der Waals surface area contributed by atoms with E-state index in [1.165, 1.54) is 24.2 Å². The number of nitrogens with zero attached hydrogens (tertiary/aromatic N) is 2. The Kier molecular flexibility index (Phi) is 6.08. The van der Waals surface area contributed by atoms with E-state index in [1.54, 1.807) is 12.5 Å². The quantitative estimate of drug-likeness (QED) is 0.875. The fourth-order valence-electron chi connectivity index (χ4n) is 3.17. The Bertz CT molecular complexity index is 647. The van der Waals surface area contributed by atoms with Crippen LogP contribution in [0.25, 0.3) is 10.8 Å². The van der Waals surface area contributed by atoms with Gasteiger partial charge in [-0.15, -0.1) is 36.2 Å². The van der Waals surface area contributed by atoms with Crippen LogP contribution >= 0.6 is 36.2 Å². The van der Waals surface area contributed by atoms with Crippen LogP contribution in [0.15, 0.2) is 29.0 Å². The molecule has 2 atom stereocenters. The topological polar surface area (TPSA) is 58.4 Å². The molecule has 0 radical (unpaired) electrons. The summed E-state index contributed by atoms with van der Waals surface area (Å²) < 4.78 is 5.33. The first-order valence-corrected chi connectivity index (χ1v) is 8.16. The van der Waals surface area contributed by atoms with Gasteiger partial charge in [0.1, 0.15) is 4.88 Å². The molecule has 0 aliphatic carbocycles. The molecular formula is C15H19Cl2N3O2S. The van der Waals surface area contributed by atoms with E-state index >= 15 is 0 Å². The van der Waals surface area contributed by atoms with Gasteiger partial charge in [0, 0.05) is 25.2 Å². The minimum Gasteiger partial charge on any atom is -0.462 e. The van der Waals surface area contributed by atoms with Gasteiger partial charge in [-0.05, 0) is 31.4 Å². The molecular weight excluding hydrogens is 357 g/mol. The predicted molar refractivity (Wildman–Crippen MR) is 94.8 cm³/mol. The van der Waals surface area contributed by atoms with Crippen molar-refractivity contribution in [1.29, 1.82) is 0 Å². The second kappa shape index (κ2) is 7.66. The van der Waals surface area contributed by atoms with E-state index in [0.717, 1.165) is 30.3 Å². The van der Waals surface area contributed by atoms with Gasteiger partial charge in [0.25, 0.3) is 5.91 Å². The van der Waals surface area contributed by atoms with Crippen molar-refractivity contribution in [2.75, 3.05) is 13.1 Å². The van der Waals surface area contributed by atoms with Gasteiger partial charge in [-0.2, -0.15) is 0 Å². The third-order valence-corrected chi connectivity index (χ3v) is 5.26. The number of fused-ring (bicyclic) bond motifs is 2. The Morgan fingerprint density at radius 2 is 2.13 bits per heavy atom.